The third kappa shape index (κ3) is 6.74. The maximum absolute atomic E-state index is 6.14. The van der Waals surface area contributed by atoms with Crippen LogP contribution in [-0.4, -0.2) is 112 Å². The fourth-order valence-electron chi connectivity index (χ4n) is 4.51. The van der Waals surface area contributed by atoms with Crippen LogP contribution in [0.5, 0.6) is 11.5 Å². The van der Waals surface area contributed by atoms with Crippen LogP contribution >= 0.6 is 0 Å². The van der Waals surface area contributed by atoms with Crippen LogP contribution in [-0.2, 0) is 0 Å². The van der Waals surface area contributed by atoms with E-state index in [-0.39, 0.29) is 0 Å². The number of nitrogens with one attached hydrogen (secondary N) is 1. The smallest absolute Gasteiger partial charge is 0.232 e. The van der Waals surface area contributed by atoms with Gasteiger partial charge in [0.25, 0.3) is 0 Å². The molecule has 35 heavy (non-hydrogen) atoms. The monoisotopic (exact) mass is 483 g/mol. The molecule has 1 N–H and O–H groups in total. The highest BCUT2D eigenvalue weighted by Crippen LogP contribution is 2.36. The molecule has 0 unspecified atom stereocenters. The van der Waals surface area contributed by atoms with E-state index in [0.717, 1.165) is 81.0 Å². The predicted molar refractivity (Wildman–Crippen MR) is 143 cm³/mol. The van der Waals surface area contributed by atoms with Gasteiger partial charge < -0.3 is 34.4 Å². The molecule has 2 aliphatic rings. The third-order valence-electron chi connectivity index (χ3n) is 6.72. The molecule has 1 saturated heterocycles. The number of rotatable bonds is 9. The van der Waals surface area contributed by atoms with Gasteiger partial charge in [-0.25, -0.2) is 4.98 Å². The van der Waals surface area contributed by atoms with Crippen molar-refractivity contribution in [1.82, 2.24) is 24.7 Å². The summed E-state index contributed by atoms with van der Waals surface area (Å²) in [6, 6.07) is 4.41. The van der Waals surface area contributed by atoms with Crippen LogP contribution in [0.25, 0.3) is 10.9 Å². The van der Waals surface area contributed by atoms with Gasteiger partial charge in [0.2, 0.25) is 5.95 Å². The van der Waals surface area contributed by atoms with Gasteiger partial charge in [0.15, 0.2) is 11.5 Å². The standard InChI is InChI=1S/C26H41N7O2/c1-30(2)10-7-17-35-24-19-22-21(18-23(24)34-5)25(27-20-8-13-32(4)14-9-20)29-26(28-22)33-12-6-11-31(3)15-16-33/h6,12,18-20H,7-11,13-17H2,1-5H3,(H,27,28,29). The summed E-state index contributed by atoms with van der Waals surface area (Å²) < 4.78 is 11.8. The van der Waals surface area contributed by atoms with Crippen LogP contribution in [0.15, 0.2) is 24.4 Å². The summed E-state index contributed by atoms with van der Waals surface area (Å²) in [6.07, 6.45) is 7.40. The van der Waals surface area contributed by atoms with Crippen molar-refractivity contribution in [2.75, 3.05) is 91.4 Å². The molecule has 192 valence electrons. The number of likely N-dealkylation sites (N-methyl/N-ethyl adjacent to an activating group) is 1. The minimum atomic E-state index is 0.385. The van der Waals surface area contributed by atoms with Gasteiger partial charge >= 0.3 is 0 Å². The molecule has 0 amide bonds. The summed E-state index contributed by atoms with van der Waals surface area (Å²) in [5, 5.41) is 4.70. The first-order valence-corrected chi connectivity index (χ1v) is 12.7. The highest BCUT2D eigenvalue weighted by Gasteiger charge is 2.21. The second-order valence-electron chi connectivity index (χ2n) is 9.96. The van der Waals surface area contributed by atoms with E-state index in [2.05, 4.69) is 65.4 Å². The van der Waals surface area contributed by atoms with Crippen molar-refractivity contribution in [2.45, 2.75) is 25.3 Å². The van der Waals surface area contributed by atoms with Crippen molar-refractivity contribution in [3.05, 3.63) is 24.4 Å². The van der Waals surface area contributed by atoms with Crippen LogP contribution in [0.1, 0.15) is 19.3 Å². The van der Waals surface area contributed by atoms with Crippen molar-refractivity contribution in [1.29, 1.82) is 0 Å². The van der Waals surface area contributed by atoms with Crippen molar-refractivity contribution >= 4 is 22.7 Å². The third-order valence-corrected chi connectivity index (χ3v) is 6.72. The Labute approximate surface area is 209 Å². The Hall–Kier alpha value is -2.62. The van der Waals surface area contributed by atoms with E-state index in [1.54, 1.807) is 7.11 Å². The van der Waals surface area contributed by atoms with E-state index < -0.39 is 0 Å². The minimum Gasteiger partial charge on any atom is -0.493 e. The van der Waals surface area contributed by atoms with E-state index >= 15 is 0 Å². The number of nitrogens with zero attached hydrogens (tertiary/aromatic N) is 6. The average molecular weight is 484 g/mol. The number of piperidine rings is 1. The Morgan fingerprint density at radius 1 is 1.03 bits per heavy atom. The molecule has 3 heterocycles. The van der Waals surface area contributed by atoms with Gasteiger partial charge in [0.05, 0.1) is 19.2 Å². The topological polar surface area (TPSA) is 69.2 Å². The SMILES string of the molecule is COc1cc2c(NC3CCN(C)CC3)nc(N3C=CCN(C)CC3)nc2cc1OCCCN(C)C. The molecule has 0 aliphatic carbocycles. The Morgan fingerprint density at radius 2 is 1.83 bits per heavy atom. The molecule has 1 aromatic heterocycles. The second-order valence-corrected chi connectivity index (χ2v) is 9.96. The lowest BCUT2D eigenvalue weighted by Crippen LogP contribution is -2.37. The molecule has 2 aromatic rings. The summed E-state index contributed by atoms with van der Waals surface area (Å²) in [5.74, 6) is 3.01. The number of hydrogen-bond donors (Lipinski definition) is 1. The molecule has 0 saturated carbocycles. The fourth-order valence-corrected chi connectivity index (χ4v) is 4.51. The first-order valence-electron chi connectivity index (χ1n) is 12.7. The first-order chi connectivity index (χ1) is 16.9. The lowest BCUT2D eigenvalue weighted by atomic mass is 10.1. The molecule has 1 fully saturated rings. The molecule has 0 atom stereocenters. The number of likely N-dealkylation sites (tertiary alicyclic amines) is 1. The lowest BCUT2D eigenvalue weighted by molar-refractivity contribution is 0.263. The quantitative estimate of drug-likeness (QED) is 0.542. The molecule has 2 aliphatic heterocycles. The molecule has 4 rings (SSSR count). The summed E-state index contributed by atoms with van der Waals surface area (Å²) >= 11 is 0. The summed E-state index contributed by atoms with van der Waals surface area (Å²) in [7, 11) is 10.1. The Bertz CT molecular complexity index is 1000. The Balaban J connectivity index is 1.68. The summed E-state index contributed by atoms with van der Waals surface area (Å²) in [6.45, 7) is 6.49. The molecule has 0 spiro atoms. The Morgan fingerprint density at radius 3 is 2.57 bits per heavy atom. The highest BCUT2D eigenvalue weighted by atomic mass is 16.5. The average Bonchev–Trinajstić information content (AvgIpc) is 3.07. The Kier molecular flexibility index (Phi) is 8.64. The first kappa shape index (κ1) is 25.5. The van der Waals surface area contributed by atoms with Gasteiger partial charge in [-0.2, -0.15) is 4.98 Å². The summed E-state index contributed by atoms with van der Waals surface area (Å²) in [4.78, 5) is 19.0. The van der Waals surface area contributed by atoms with Crippen molar-refractivity contribution in [2.24, 2.45) is 0 Å². The van der Waals surface area contributed by atoms with E-state index in [1.165, 1.54) is 0 Å². The van der Waals surface area contributed by atoms with Crippen LogP contribution in [0.4, 0.5) is 11.8 Å². The zero-order chi connectivity index (χ0) is 24.8. The molecule has 9 nitrogen and oxygen atoms in total. The predicted octanol–water partition coefficient (Wildman–Crippen LogP) is 2.74. The number of ether oxygens (including phenoxy) is 2. The number of benzene rings is 1. The molecule has 9 heteroatoms. The number of hydrogen-bond acceptors (Lipinski definition) is 9. The lowest BCUT2D eigenvalue weighted by Gasteiger charge is -2.30. The highest BCUT2D eigenvalue weighted by molar-refractivity contribution is 5.93. The molecular formula is C26H41N7O2. The maximum Gasteiger partial charge on any atom is 0.232 e. The van der Waals surface area contributed by atoms with Crippen molar-refractivity contribution in [3.63, 3.8) is 0 Å². The minimum absolute atomic E-state index is 0.385. The maximum atomic E-state index is 6.14. The van der Waals surface area contributed by atoms with E-state index in [0.29, 0.717) is 24.3 Å². The fraction of sp³-hybridized carbons (Fsp3) is 0.615. The number of methoxy groups -OCH3 is 1. The van der Waals surface area contributed by atoms with Gasteiger partial charge in [-0.05, 0) is 66.6 Å². The van der Waals surface area contributed by atoms with E-state index in [4.69, 9.17) is 19.4 Å². The van der Waals surface area contributed by atoms with E-state index in [9.17, 15) is 0 Å². The van der Waals surface area contributed by atoms with E-state index in [1.807, 2.05) is 12.1 Å². The zero-order valence-corrected chi connectivity index (χ0v) is 22.0. The largest absolute Gasteiger partial charge is 0.493 e. The van der Waals surface area contributed by atoms with Crippen LogP contribution < -0.4 is 19.7 Å². The molecular weight excluding hydrogens is 442 g/mol. The van der Waals surface area contributed by atoms with Gasteiger partial charge in [-0.3, -0.25) is 0 Å². The zero-order valence-electron chi connectivity index (χ0n) is 22.0. The van der Waals surface area contributed by atoms with Crippen molar-refractivity contribution in [3.8, 4) is 11.5 Å². The molecule has 0 radical (unpaired) electrons. The van der Waals surface area contributed by atoms with Crippen LogP contribution in [0, 0.1) is 0 Å². The van der Waals surface area contributed by atoms with Crippen LogP contribution in [0.3, 0.4) is 0 Å². The van der Waals surface area contributed by atoms with Gasteiger partial charge in [-0.15, -0.1) is 0 Å². The number of fused-ring (bicyclic) bond motifs is 1. The molecule has 1 aromatic carbocycles. The van der Waals surface area contributed by atoms with Gasteiger partial charge in [0, 0.05) is 49.9 Å². The number of aromatic nitrogens is 2. The molecule has 0 bridgehead atoms. The summed E-state index contributed by atoms with van der Waals surface area (Å²) in [5.41, 5.74) is 0.861. The normalized spacial score (nSPS) is 18.3. The second kappa shape index (κ2) is 11.9. The van der Waals surface area contributed by atoms with Gasteiger partial charge in [-0.1, -0.05) is 6.08 Å². The van der Waals surface area contributed by atoms with Gasteiger partial charge in [0.1, 0.15) is 5.82 Å². The van der Waals surface area contributed by atoms with Crippen molar-refractivity contribution < 1.29 is 9.47 Å². The number of anilines is 2. The van der Waals surface area contributed by atoms with Crippen LogP contribution in [0.2, 0.25) is 0 Å².